The van der Waals surface area contributed by atoms with Crippen LogP contribution in [0.3, 0.4) is 0 Å². The van der Waals surface area contributed by atoms with Crippen LogP contribution in [0.5, 0.6) is 0 Å². The second-order valence-corrected chi connectivity index (χ2v) is 5.61. The highest BCUT2D eigenvalue weighted by Gasteiger charge is 2.05. The summed E-state index contributed by atoms with van der Waals surface area (Å²) in [7, 11) is 3.41. The monoisotopic (exact) mass is 291 g/mol. The number of thiophene rings is 1. The molecule has 0 saturated heterocycles. The molecule has 0 aromatic carbocycles. The first-order valence-corrected chi connectivity index (χ1v) is 6.27. The Balaban J connectivity index is 2.30. The van der Waals surface area contributed by atoms with E-state index in [0.717, 1.165) is 16.9 Å². The molecule has 0 spiro atoms. The average molecular weight is 292 g/mol. The van der Waals surface area contributed by atoms with Gasteiger partial charge in [0, 0.05) is 13.1 Å². The minimum Gasteiger partial charge on any atom is -0.469 e. The van der Waals surface area contributed by atoms with E-state index in [1.54, 1.807) is 11.3 Å². The van der Waals surface area contributed by atoms with E-state index in [1.165, 1.54) is 12.7 Å². The van der Waals surface area contributed by atoms with Gasteiger partial charge in [0.05, 0.1) is 17.3 Å². The van der Waals surface area contributed by atoms with E-state index in [9.17, 15) is 4.79 Å². The Bertz CT molecular complexity index is 327. The van der Waals surface area contributed by atoms with Gasteiger partial charge in [0.2, 0.25) is 0 Å². The third-order valence-electron chi connectivity index (χ3n) is 2.00. The van der Waals surface area contributed by atoms with Crippen LogP contribution in [0.15, 0.2) is 15.2 Å². The van der Waals surface area contributed by atoms with E-state index in [1.807, 2.05) is 7.05 Å². The zero-order valence-electron chi connectivity index (χ0n) is 8.83. The fourth-order valence-corrected chi connectivity index (χ4v) is 2.40. The Morgan fingerprint density at radius 2 is 2.40 bits per heavy atom. The molecule has 1 aromatic heterocycles. The zero-order chi connectivity index (χ0) is 11.3. The van der Waals surface area contributed by atoms with Crippen LogP contribution in [0.2, 0.25) is 0 Å². The fraction of sp³-hybridized carbons (Fsp3) is 0.500. The molecule has 0 N–H and O–H groups in total. The Labute approximate surface area is 102 Å². The van der Waals surface area contributed by atoms with Gasteiger partial charge in [0.25, 0.3) is 0 Å². The number of rotatable bonds is 5. The van der Waals surface area contributed by atoms with Gasteiger partial charge in [0.1, 0.15) is 0 Å². The van der Waals surface area contributed by atoms with Gasteiger partial charge in [-0.1, -0.05) is 0 Å². The standard InChI is InChI=1S/C10H14BrNO2S/c1-12(4-3-10(13)14-2)6-8-5-9(11)15-7-8/h5,7H,3-4,6H2,1-2H3. The van der Waals surface area contributed by atoms with Gasteiger partial charge in [-0.3, -0.25) is 4.79 Å². The number of carbonyl (C=O) groups is 1. The molecule has 0 aliphatic rings. The molecule has 84 valence electrons. The molecular weight excluding hydrogens is 278 g/mol. The molecule has 0 aliphatic heterocycles. The molecule has 0 fully saturated rings. The number of hydrogen-bond donors (Lipinski definition) is 0. The number of halogens is 1. The first-order valence-electron chi connectivity index (χ1n) is 4.60. The predicted octanol–water partition coefficient (Wildman–Crippen LogP) is 2.51. The fourth-order valence-electron chi connectivity index (χ4n) is 1.20. The van der Waals surface area contributed by atoms with E-state index >= 15 is 0 Å². The van der Waals surface area contributed by atoms with Crippen molar-refractivity contribution in [1.29, 1.82) is 0 Å². The van der Waals surface area contributed by atoms with Crippen LogP contribution in [0.4, 0.5) is 0 Å². The van der Waals surface area contributed by atoms with Crippen molar-refractivity contribution in [1.82, 2.24) is 4.90 Å². The minimum absolute atomic E-state index is 0.159. The van der Waals surface area contributed by atoms with Gasteiger partial charge in [-0.2, -0.15) is 0 Å². The summed E-state index contributed by atoms with van der Waals surface area (Å²) in [6.45, 7) is 1.58. The molecule has 1 aromatic rings. The van der Waals surface area contributed by atoms with Gasteiger partial charge in [-0.15, -0.1) is 11.3 Å². The molecule has 0 radical (unpaired) electrons. The van der Waals surface area contributed by atoms with Crippen LogP contribution in [-0.4, -0.2) is 31.6 Å². The second kappa shape index (κ2) is 6.25. The topological polar surface area (TPSA) is 29.5 Å². The van der Waals surface area contributed by atoms with Crippen LogP contribution < -0.4 is 0 Å². The van der Waals surface area contributed by atoms with Crippen molar-refractivity contribution in [3.63, 3.8) is 0 Å². The lowest BCUT2D eigenvalue weighted by Gasteiger charge is -2.14. The molecule has 0 amide bonds. The van der Waals surface area contributed by atoms with Gasteiger partial charge in [-0.05, 0) is 40.0 Å². The summed E-state index contributed by atoms with van der Waals surface area (Å²) in [5, 5.41) is 2.11. The largest absolute Gasteiger partial charge is 0.469 e. The van der Waals surface area contributed by atoms with E-state index < -0.39 is 0 Å². The van der Waals surface area contributed by atoms with Crippen molar-refractivity contribution in [2.75, 3.05) is 20.7 Å². The van der Waals surface area contributed by atoms with Crippen molar-refractivity contribution in [3.05, 3.63) is 20.8 Å². The predicted molar refractivity (Wildman–Crippen MR) is 65.0 cm³/mol. The lowest BCUT2D eigenvalue weighted by molar-refractivity contribution is -0.140. The van der Waals surface area contributed by atoms with Crippen molar-refractivity contribution in [3.8, 4) is 0 Å². The Kier molecular flexibility index (Phi) is 5.28. The second-order valence-electron chi connectivity index (χ2n) is 3.32. The Hall–Kier alpha value is -0.390. The van der Waals surface area contributed by atoms with E-state index in [0.29, 0.717) is 6.42 Å². The van der Waals surface area contributed by atoms with Gasteiger partial charge < -0.3 is 9.64 Å². The van der Waals surface area contributed by atoms with Gasteiger partial charge in [-0.25, -0.2) is 0 Å². The van der Waals surface area contributed by atoms with Crippen molar-refractivity contribution < 1.29 is 9.53 Å². The van der Waals surface area contributed by atoms with E-state index in [4.69, 9.17) is 0 Å². The van der Waals surface area contributed by atoms with Crippen LogP contribution in [0.1, 0.15) is 12.0 Å². The summed E-state index contributed by atoms with van der Waals surface area (Å²) in [6, 6.07) is 2.10. The van der Waals surface area contributed by atoms with Crippen LogP contribution in [0.25, 0.3) is 0 Å². The Morgan fingerprint density at radius 1 is 1.67 bits per heavy atom. The summed E-state index contributed by atoms with van der Waals surface area (Å²) < 4.78 is 5.72. The molecule has 15 heavy (non-hydrogen) atoms. The number of hydrogen-bond acceptors (Lipinski definition) is 4. The summed E-state index contributed by atoms with van der Waals surface area (Å²) in [4.78, 5) is 13.0. The lowest BCUT2D eigenvalue weighted by atomic mass is 10.3. The highest BCUT2D eigenvalue weighted by atomic mass is 79.9. The highest BCUT2D eigenvalue weighted by molar-refractivity contribution is 9.11. The zero-order valence-corrected chi connectivity index (χ0v) is 11.2. The lowest BCUT2D eigenvalue weighted by Crippen LogP contribution is -2.21. The number of esters is 1. The molecular formula is C10H14BrNO2S. The molecule has 0 aliphatic carbocycles. The van der Waals surface area contributed by atoms with Crippen molar-refractivity contribution >= 4 is 33.2 Å². The summed E-state index contributed by atoms with van der Waals surface area (Å²) >= 11 is 5.10. The molecule has 3 nitrogen and oxygen atoms in total. The molecule has 1 heterocycles. The maximum absolute atomic E-state index is 10.9. The van der Waals surface area contributed by atoms with Gasteiger partial charge in [0.15, 0.2) is 0 Å². The van der Waals surface area contributed by atoms with E-state index in [-0.39, 0.29) is 5.97 Å². The average Bonchev–Trinajstić information content (AvgIpc) is 2.60. The molecule has 5 heteroatoms. The van der Waals surface area contributed by atoms with Crippen molar-refractivity contribution in [2.24, 2.45) is 0 Å². The number of ether oxygens (including phenoxy) is 1. The minimum atomic E-state index is -0.159. The Morgan fingerprint density at radius 3 is 2.93 bits per heavy atom. The molecule has 1 rings (SSSR count). The molecule has 0 atom stereocenters. The third-order valence-corrected chi connectivity index (χ3v) is 3.55. The number of carbonyl (C=O) groups excluding carboxylic acids is 1. The van der Waals surface area contributed by atoms with E-state index in [2.05, 4.69) is 37.0 Å². The van der Waals surface area contributed by atoms with Crippen molar-refractivity contribution in [2.45, 2.75) is 13.0 Å². The van der Waals surface area contributed by atoms with Crippen LogP contribution in [-0.2, 0) is 16.1 Å². The molecule has 0 bridgehead atoms. The van der Waals surface area contributed by atoms with Gasteiger partial charge >= 0.3 is 5.97 Å². The normalized spacial score (nSPS) is 10.7. The molecule has 0 unspecified atom stereocenters. The summed E-state index contributed by atoms with van der Waals surface area (Å²) in [5.41, 5.74) is 1.26. The number of methoxy groups -OCH3 is 1. The van der Waals surface area contributed by atoms with Crippen LogP contribution >= 0.6 is 27.3 Å². The maximum Gasteiger partial charge on any atom is 0.306 e. The quantitative estimate of drug-likeness (QED) is 0.781. The number of nitrogens with zero attached hydrogens (tertiary/aromatic N) is 1. The summed E-state index contributed by atoms with van der Waals surface area (Å²) in [5.74, 6) is -0.159. The molecule has 0 saturated carbocycles. The highest BCUT2D eigenvalue weighted by Crippen LogP contribution is 2.21. The first kappa shape index (κ1) is 12.7. The first-order chi connectivity index (χ1) is 7.11. The summed E-state index contributed by atoms with van der Waals surface area (Å²) in [6.07, 6.45) is 0.443. The SMILES string of the molecule is COC(=O)CCN(C)Cc1csc(Br)c1. The smallest absolute Gasteiger partial charge is 0.306 e. The third kappa shape index (κ3) is 4.77. The van der Waals surface area contributed by atoms with Crippen LogP contribution in [0, 0.1) is 0 Å². The maximum atomic E-state index is 10.9.